The van der Waals surface area contributed by atoms with Gasteiger partial charge in [0.1, 0.15) is 30.0 Å². The third-order valence-electron chi connectivity index (χ3n) is 9.73. The Morgan fingerprint density at radius 1 is 1.06 bits per heavy atom. The molecule has 4 aliphatic rings. The molecule has 1 saturated heterocycles. The fourth-order valence-corrected chi connectivity index (χ4v) is 7.85. The van der Waals surface area contributed by atoms with Crippen LogP contribution < -0.4 is 4.74 Å². The minimum absolute atomic E-state index is 0.0144. The van der Waals surface area contributed by atoms with Crippen LogP contribution in [0.3, 0.4) is 0 Å². The van der Waals surface area contributed by atoms with E-state index in [4.69, 9.17) is 9.47 Å². The van der Waals surface area contributed by atoms with Crippen LogP contribution in [0.1, 0.15) is 56.1 Å². The molecule has 10 atom stereocenters. The van der Waals surface area contributed by atoms with Gasteiger partial charge in [-0.3, -0.25) is 0 Å². The average Bonchev–Trinajstić information content (AvgIpc) is 3.11. The second-order valence-electron chi connectivity index (χ2n) is 11.0. The third-order valence-corrected chi connectivity index (χ3v) is 9.73. The molecule has 1 aromatic rings. The summed E-state index contributed by atoms with van der Waals surface area (Å²) in [5.74, 6) is -1.55. The molecule has 0 spiro atoms. The maximum absolute atomic E-state index is 12.1. The van der Waals surface area contributed by atoms with Crippen molar-refractivity contribution < 1.29 is 45.2 Å². The number of fused-ring (bicyclic) bond motifs is 5. The van der Waals surface area contributed by atoms with Gasteiger partial charge in [-0.1, -0.05) is 6.92 Å². The van der Waals surface area contributed by atoms with Gasteiger partial charge in [0.15, 0.2) is 11.5 Å². The average molecular weight is 481 g/mol. The number of methoxy groups -OCH3 is 1. The van der Waals surface area contributed by atoms with Crippen LogP contribution in [0.15, 0.2) is 12.1 Å². The zero-order valence-electron chi connectivity index (χ0n) is 19.6. The molecule has 2 saturated carbocycles. The van der Waals surface area contributed by atoms with E-state index in [1.165, 1.54) is 7.11 Å². The van der Waals surface area contributed by atoms with Gasteiger partial charge in [-0.2, -0.15) is 0 Å². The van der Waals surface area contributed by atoms with E-state index in [-0.39, 0.29) is 29.9 Å². The number of benzene rings is 1. The van der Waals surface area contributed by atoms with Crippen LogP contribution in [-0.2, 0) is 11.2 Å². The van der Waals surface area contributed by atoms with E-state index < -0.39 is 47.8 Å². The molecule has 0 aromatic heterocycles. The quantitative estimate of drug-likeness (QED) is 0.319. The first kappa shape index (κ1) is 24.2. The van der Waals surface area contributed by atoms with Crippen molar-refractivity contribution >= 4 is 0 Å². The van der Waals surface area contributed by atoms with E-state index in [0.29, 0.717) is 18.6 Å². The van der Waals surface area contributed by atoms with Crippen molar-refractivity contribution in [1.29, 1.82) is 0 Å². The molecule has 0 amide bonds. The van der Waals surface area contributed by atoms with Crippen LogP contribution in [0.5, 0.6) is 11.5 Å². The lowest BCUT2D eigenvalue weighted by atomic mass is 9.51. The monoisotopic (exact) mass is 480 g/mol. The standard InChI is InChI=1S/C25H36O9/c1-23-7-5-13-14(4-3-12-9-17(27)18(33-2)10-15(12)13)16(23)6-8-24(23,31)25(32)22(30)21(29)20(28)19(11-26)34-25/h9-10,13-14,16,19-22,26-32H,3-8,11H2,1-2H3/t13-,14+,16-,19+,20-,21-,22+,23-,24+,25-/m0/s1. The van der Waals surface area contributed by atoms with E-state index in [9.17, 15) is 35.7 Å². The summed E-state index contributed by atoms with van der Waals surface area (Å²) >= 11 is 0. The summed E-state index contributed by atoms with van der Waals surface area (Å²) in [6, 6.07) is 3.69. The molecule has 5 rings (SSSR count). The van der Waals surface area contributed by atoms with Gasteiger partial charge in [-0.05, 0) is 79.5 Å². The molecular formula is C25H36O9. The van der Waals surface area contributed by atoms with E-state index in [0.717, 1.165) is 30.4 Å². The number of ether oxygens (including phenoxy) is 2. The first-order valence-electron chi connectivity index (χ1n) is 12.2. The Morgan fingerprint density at radius 2 is 1.79 bits per heavy atom. The van der Waals surface area contributed by atoms with Crippen molar-refractivity contribution in [3.8, 4) is 11.5 Å². The highest BCUT2D eigenvalue weighted by Gasteiger charge is 2.73. The Balaban J connectivity index is 1.50. The molecule has 1 aromatic carbocycles. The first-order chi connectivity index (χ1) is 16.0. The second kappa shape index (κ2) is 8.03. The van der Waals surface area contributed by atoms with E-state index in [1.54, 1.807) is 6.07 Å². The van der Waals surface area contributed by atoms with Gasteiger partial charge in [0.25, 0.3) is 0 Å². The maximum atomic E-state index is 12.1. The van der Waals surface area contributed by atoms with E-state index in [1.807, 2.05) is 13.0 Å². The Kier molecular flexibility index (Phi) is 5.72. The van der Waals surface area contributed by atoms with Crippen LogP contribution in [0.4, 0.5) is 0 Å². The zero-order valence-corrected chi connectivity index (χ0v) is 19.6. The number of hydrogen-bond donors (Lipinski definition) is 7. The van der Waals surface area contributed by atoms with Gasteiger partial charge in [0.2, 0.25) is 5.79 Å². The normalized spacial score (nSPS) is 48.1. The van der Waals surface area contributed by atoms with Crippen molar-refractivity contribution in [2.75, 3.05) is 13.7 Å². The number of rotatable bonds is 3. The molecule has 0 radical (unpaired) electrons. The van der Waals surface area contributed by atoms with Gasteiger partial charge in [0, 0.05) is 5.41 Å². The van der Waals surface area contributed by atoms with Crippen molar-refractivity contribution in [3.63, 3.8) is 0 Å². The van der Waals surface area contributed by atoms with Crippen molar-refractivity contribution in [1.82, 2.24) is 0 Å². The number of aromatic hydroxyl groups is 1. The molecule has 3 aliphatic carbocycles. The maximum Gasteiger partial charge on any atom is 0.225 e. The topological polar surface area (TPSA) is 160 Å². The lowest BCUT2D eigenvalue weighted by Gasteiger charge is -2.59. The van der Waals surface area contributed by atoms with Crippen LogP contribution in [-0.4, -0.2) is 85.3 Å². The van der Waals surface area contributed by atoms with Crippen LogP contribution >= 0.6 is 0 Å². The highest BCUT2D eigenvalue weighted by molar-refractivity contribution is 5.49. The predicted molar refractivity (Wildman–Crippen MR) is 119 cm³/mol. The van der Waals surface area contributed by atoms with Crippen LogP contribution in [0.2, 0.25) is 0 Å². The van der Waals surface area contributed by atoms with Crippen molar-refractivity contribution in [2.24, 2.45) is 17.3 Å². The van der Waals surface area contributed by atoms with Crippen LogP contribution in [0.25, 0.3) is 0 Å². The third kappa shape index (κ3) is 2.98. The second-order valence-corrected chi connectivity index (χ2v) is 11.0. The van der Waals surface area contributed by atoms with Crippen molar-refractivity contribution in [3.05, 3.63) is 23.3 Å². The number of aliphatic hydroxyl groups excluding tert-OH is 4. The first-order valence-corrected chi connectivity index (χ1v) is 12.2. The fraction of sp³-hybridized carbons (Fsp3) is 0.760. The number of aryl methyl sites for hydroxylation is 1. The molecule has 3 fully saturated rings. The summed E-state index contributed by atoms with van der Waals surface area (Å²) in [6.07, 6.45) is -3.00. The Labute approximate surface area is 198 Å². The molecular weight excluding hydrogens is 444 g/mol. The molecule has 9 heteroatoms. The minimum atomic E-state index is -2.54. The summed E-state index contributed by atoms with van der Waals surface area (Å²) < 4.78 is 10.9. The number of phenolic OH excluding ortho intramolecular Hbond substituents is 1. The number of hydrogen-bond acceptors (Lipinski definition) is 9. The highest BCUT2D eigenvalue weighted by Crippen LogP contribution is 2.67. The summed E-state index contributed by atoms with van der Waals surface area (Å²) in [6.45, 7) is 1.23. The molecule has 0 unspecified atom stereocenters. The zero-order chi connectivity index (χ0) is 24.6. The van der Waals surface area contributed by atoms with Gasteiger partial charge in [-0.25, -0.2) is 0 Å². The number of phenols is 1. The predicted octanol–water partition coefficient (Wildman–Crippen LogP) is 0.150. The van der Waals surface area contributed by atoms with Gasteiger partial charge in [0.05, 0.1) is 13.7 Å². The summed E-state index contributed by atoms with van der Waals surface area (Å²) in [5.41, 5.74) is -0.472. The van der Waals surface area contributed by atoms with E-state index >= 15 is 0 Å². The van der Waals surface area contributed by atoms with Crippen LogP contribution in [0, 0.1) is 17.3 Å². The largest absolute Gasteiger partial charge is 0.504 e. The molecule has 1 aliphatic heterocycles. The molecule has 0 bridgehead atoms. The van der Waals surface area contributed by atoms with Gasteiger partial charge >= 0.3 is 0 Å². The van der Waals surface area contributed by atoms with Gasteiger partial charge in [-0.15, -0.1) is 0 Å². The Bertz CT molecular complexity index is 953. The summed E-state index contributed by atoms with van der Waals surface area (Å²) in [4.78, 5) is 0. The molecule has 34 heavy (non-hydrogen) atoms. The molecule has 7 N–H and O–H groups in total. The Hall–Kier alpha value is -1.46. The SMILES string of the molecule is COc1cc2c(cc1O)CC[C@@H]1[C@@H]2CC[C@@]2(C)[C@H]1CC[C@]2(O)[C@@]1(O)O[C@H](CO)[C@H](O)[C@H](O)[C@H]1O. The molecule has 190 valence electrons. The smallest absolute Gasteiger partial charge is 0.225 e. The molecule has 1 heterocycles. The van der Waals surface area contributed by atoms with Gasteiger partial charge < -0.3 is 45.2 Å². The number of aliphatic hydroxyl groups is 6. The summed E-state index contributed by atoms with van der Waals surface area (Å²) in [5, 5.41) is 74.9. The van der Waals surface area contributed by atoms with Crippen molar-refractivity contribution in [2.45, 2.75) is 87.2 Å². The minimum Gasteiger partial charge on any atom is -0.504 e. The summed E-state index contributed by atoms with van der Waals surface area (Å²) in [7, 11) is 1.53. The molecule has 9 nitrogen and oxygen atoms in total. The fourth-order valence-electron chi connectivity index (χ4n) is 7.85. The highest BCUT2D eigenvalue weighted by atomic mass is 16.7. The van der Waals surface area contributed by atoms with E-state index in [2.05, 4.69) is 0 Å². The Morgan fingerprint density at radius 3 is 2.47 bits per heavy atom. The lowest BCUT2D eigenvalue weighted by molar-refractivity contribution is -0.416. The lowest BCUT2D eigenvalue weighted by Crippen LogP contribution is -2.76.